The quantitative estimate of drug-likeness (QED) is 0.667. The molecule has 1 saturated heterocycles. The summed E-state index contributed by atoms with van der Waals surface area (Å²) in [5.41, 5.74) is 1.59. The van der Waals surface area contributed by atoms with Crippen LogP contribution < -0.4 is 10.6 Å². The van der Waals surface area contributed by atoms with E-state index in [-0.39, 0.29) is 16.6 Å². The van der Waals surface area contributed by atoms with E-state index in [4.69, 9.17) is 11.6 Å². The van der Waals surface area contributed by atoms with Crippen molar-refractivity contribution in [2.75, 3.05) is 18.4 Å². The highest BCUT2D eigenvalue weighted by Crippen LogP contribution is 2.30. The third-order valence-corrected chi connectivity index (χ3v) is 6.84. The Morgan fingerprint density at radius 1 is 1.23 bits per heavy atom. The average Bonchev–Trinajstić information content (AvgIpc) is 2.71. The van der Waals surface area contributed by atoms with Crippen LogP contribution in [0.4, 0.5) is 10.1 Å². The van der Waals surface area contributed by atoms with E-state index in [1.54, 1.807) is 38.1 Å². The van der Waals surface area contributed by atoms with Crippen molar-refractivity contribution in [1.82, 2.24) is 5.32 Å². The van der Waals surface area contributed by atoms with Gasteiger partial charge in [0, 0.05) is 23.3 Å². The van der Waals surface area contributed by atoms with Crippen molar-refractivity contribution in [2.24, 2.45) is 10.3 Å². The Labute approximate surface area is 180 Å². The standard InChI is InChI=1S/C21H23ClFN3O3S/c1-13-5-3-4-6-16(13)21(27)25-19-12-18(23)20(11-17(19)22)30(28,29)26-14(2)15-7-9-24-10-8-15/h3-6,11-12,15,24H,7-10H2,1-2H3,(H,25,27). The van der Waals surface area contributed by atoms with Crippen LogP contribution >= 0.6 is 11.6 Å². The van der Waals surface area contributed by atoms with Gasteiger partial charge in [0.05, 0.1) is 10.7 Å². The van der Waals surface area contributed by atoms with Gasteiger partial charge in [-0.15, -0.1) is 0 Å². The minimum Gasteiger partial charge on any atom is -0.321 e. The number of hydrogen-bond acceptors (Lipinski definition) is 4. The number of anilines is 1. The van der Waals surface area contributed by atoms with Crippen LogP contribution in [0.15, 0.2) is 45.7 Å². The van der Waals surface area contributed by atoms with Gasteiger partial charge in [-0.2, -0.15) is 12.8 Å². The Morgan fingerprint density at radius 2 is 1.90 bits per heavy atom. The SMILES string of the molecule is CC(=NS(=O)(=O)c1cc(Cl)c(NC(=O)c2ccccc2C)cc1F)C1CCNCC1. The zero-order valence-corrected chi connectivity index (χ0v) is 18.3. The molecule has 0 bridgehead atoms. The smallest absolute Gasteiger partial charge is 0.285 e. The summed E-state index contributed by atoms with van der Waals surface area (Å²) in [4.78, 5) is 11.8. The lowest BCUT2D eigenvalue weighted by atomic mass is 9.94. The molecule has 0 saturated carbocycles. The van der Waals surface area contributed by atoms with Gasteiger partial charge in [0.2, 0.25) is 0 Å². The van der Waals surface area contributed by atoms with E-state index in [0.717, 1.165) is 43.6 Å². The molecule has 9 heteroatoms. The van der Waals surface area contributed by atoms with E-state index < -0.39 is 26.6 Å². The first kappa shape index (κ1) is 22.4. The molecule has 1 aliphatic heterocycles. The molecule has 0 unspecified atom stereocenters. The van der Waals surface area contributed by atoms with Gasteiger partial charge < -0.3 is 10.6 Å². The summed E-state index contributed by atoms with van der Waals surface area (Å²) in [6.07, 6.45) is 1.55. The molecule has 0 aliphatic carbocycles. The molecule has 1 heterocycles. The summed E-state index contributed by atoms with van der Waals surface area (Å²) in [5.74, 6) is -1.46. The molecule has 3 rings (SSSR count). The number of sulfonamides is 1. The molecule has 0 atom stereocenters. The van der Waals surface area contributed by atoms with Gasteiger partial charge in [-0.05, 0) is 57.5 Å². The van der Waals surface area contributed by atoms with Crippen LogP contribution in [-0.2, 0) is 10.0 Å². The minimum atomic E-state index is -4.27. The number of piperidine rings is 1. The second-order valence-corrected chi connectivity index (χ2v) is 9.24. The Hall–Kier alpha value is -2.29. The molecule has 0 spiro atoms. The van der Waals surface area contributed by atoms with Gasteiger partial charge in [-0.25, -0.2) is 4.39 Å². The summed E-state index contributed by atoms with van der Waals surface area (Å²) in [7, 11) is -4.27. The first-order valence-electron chi connectivity index (χ1n) is 9.57. The second-order valence-electron chi connectivity index (χ2n) is 7.26. The largest absolute Gasteiger partial charge is 0.321 e. The average molecular weight is 452 g/mol. The number of nitrogens with one attached hydrogen (secondary N) is 2. The third kappa shape index (κ3) is 5.06. The number of amides is 1. The fourth-order valence-corrected chi connectivity index (χ4v) is 4.87. The number of benzene rings is 2. The summed E-state index contributed by atoms with van der Waals surface area (Å²) < 4.78 is 43.8. The van der Waals surface area contributed by atoms with Gasteiger partial charge >= 0.3 is 0 Å². The second kappa shape index (κ2) is 9.24. The van der Waals surface area contributed by atoms with Crippen molar-refractivity contribution in [3.8, 4) is 0 Å². The molecule has 160 valence electrons. The van der Waals surface area contributed by atoms with Crippen molar-refractivity contribution >= 4 is 38.9 Å². The van der Waals surface area contributed by atoms with Crippen LogP contribution in [0.2, 0.25) is 5.02 Å². The van der Waals surface area contributed by atoms with Gasteiger partial charge in [0.25, 0.3) is 15.9 Å². The topological polar surface area (TPSA) is 87.6 Å². The number of nitrogens with zero attached hydrogens (tertiary/aromatic N) is 1. The molecule has 2 aromatic carbocycles. The molecule has 1 amide bonds. The summed E-state index contributed by atoms with van der Waals surface area (Å²) in [5, 5.41) is 5.64. The zero-order valence-electron chi connectivity index (χ0n) is 16.7. The Balaban J connectivity index is 1.86. The van der Waals surface area contributed by atoms with Crippen LogP contribution in [0.1, 0.15) is 35.7 Å². The van der Waals surface area contributed by atoms with Gasteiger partial charge in [-0.3, -0.25) is 4.79 Å². The van der Waals surface area contributed by atoms with E-state index in [1.807, 2.05) is 0 Å². The highest BCUT2D eigenvalue weighted by atomic mass is 35.5. The summed E-state index contributed by atoms with van der Waals surface area (Å²) >= 11 is 6.16. The maximum Gasteiger partial charge on any atom is 0.285 e. The normalized spacial score (nSPS) is 15.8. The summed E-state index contributed by atoms with van der Waals surface area (Å²) in [6.45, 7) is 4.99. The molecule has 1 aliphatic rings. The van der Waals surface area contributed by atoms with Gasteiger partial charge in [0.15, 0.2) is 0 Å². The lowest BCUT2D eigenvalue weighted by molar-refractivity contribution is 0.102. The van der Waals surface area contributed by atoms with E-state index in [1.165, 1.54) is 0 Å². The monoisotopic (exact) mass is 451 g/mol. The first-order valence-corrected chi connectivity index (χ1v) is 11.4. The van der Waals surface area contributed by atoms with Gasteiger partial charge in [-0.1, -0.05) is 29.8 Å². The number of hydrogen-bond donors (Lipinski definition) is 2. The Bertz CT molecular complexity index is 1100. The van der Waals surface area contributed by atoms with Gasteiger partial charge in [0.1, 0.15) is 10.7 Å². The molecule has 2 aromatic rings. The lowest BCUT2D eigenvalue weighted by Gasteiger charge is -2.22. The molecule has 30 heavy (non-hydrogen) atoms. The Kier molecular flexibility index (Phi) is 6.90. The summed E-state index contributed by atoms with van der Waals surface area (Å²) in [6, 6.07) is 8.80. The fourth-order valence-electron chi connectivity index (χ4n) is 3.39. The van der Waals surface area contributed by atoms with Crippen LogP contribution in [-0.4, -0.2) is 33.1 Å². The third-order valence-electron chi connectivity index (χ3n) is 5.13. The predicted molar refractivity (Wildman–Crippen MR) is 116 cm³/mol. The zero-order chi connectivity index (χ0) is 21.9. The molecule has 0 radical (unpaired) electrons. The molecule has 1 fully saturated rings. The van der Waals surface area contributed by atoms with Crippen molar-refractivity contribution in [2.45, 2.75) is 31.6 Å². The number of halogens is 2. The van der Waals surface area contributed by atoms with Crippen LogP contribution in [0.25, 0.3) is 0 Å². The highest BCUT2D eigenvalue weighted by Gasteiger charge is 2.24. The number of carbonyl (C=O) groups excluding carboxylic acids is 1. The molecule has 0 aromatic heterocycles. The maximum atomic E-state index is 14.7. The van der Waals surface area contributed by atoms with Crippen LogP contribution in [0, 0.1) is 18.7 Å². The van der Waals surface area contributed by atoms with E-state index in [9.17, 15) is 17.6 Å². The van der Waals surface area contributed by atoms with E-state index in [0.29, 0.717) is 11.3 Å². The van der Waals surface area contributed by atoms with Crippen LogP contribution in [0.5, 0.6) is 0 Å². The fraction of sp³-hybridized carbons (Fsp3) is 0.333. The van der Waals surface area contributed by atoms with Crippen LogP contribution in [0.3, 0.4) is 0 Å². The molecule has 6 nitrogen and oxygen atoms in total. The van der Waals surface area contributed by atoms with Crippen molar-refractivity contribution in [1.29, 1.82) is 0 Å². The number of rotatable bonds is 5. The first-order chi connectivity index (χ1) is 14.2. The highest BCUT2D eigenvalue weighted by molar-refractivity contribution is 7.90. The maximum absolute atomic E-state index is 14.7. The molecular weight excluding hydrogens is 429 g/mol. The molecular formula is C21H23ClFN3O3S. The molecule has 2 N–H and O–H groups in total. The van der Waals surface area contributed by atoms with E-state index >= 15 is 0 Å². The lowest BCUT2D eigenvalue weighted by Crippen LogP contribution is -2.31. The Morgan fingerprint density at radius 3 is 2.57 bits per heavy atom. The van der Waals surface area contributed by atoms with Crippen molar-refractivity contribution < 1.29 is 17.6 Å². The van der Waals surface area contributed by atoms with Crippen molar-refractivity contribution in [3.63, 3.8) is 0 Å². The van der Waals surface area contributed by atoms with Crippen molar-refractivity contribution in [3.05, 3.63) is 58.4 Å². The number of carbonyl (C=O) groups is 1. The predicted octanol–water partition coefficient (Wildman–Crippen LogP) is 4.19. The number of aryl methyl sites for hydroxylation is 1. The van der Waals surface area contributed by atoms with E-state index in [2.05, 4.69) is 15.0 Å². The minimum absolute atomic E-state index is 0.0135.